The molecule has 0 bridgehead atoms. The topological polar surface area (TPSA) is 83.6 Å². The Hall–Kier alpha value is -2.04. The van der Waals surface area contributed by atoms with Crippen molar-refractivity contribution in [2.45, 2.75) is 13.3 Å². The van der Waals surface area contributed by atoms with Crippen molar-refractivity contribution in [1.29, 1.82) is 0 Å². The van der Waals surface area contributed by atoms with Crippen LogP contribution in [-0.2, 0) is 16.0 Å². The monoisotopic (exact) mass is 236 g/mol. The summed E-state index contributed by atoms with van der Waals surface area (Å²) in [5, 5.41) is 9.53. The van der Waals surface area contributed by atoms with Gasteiger partial charge in [-0.15, -0.1) is 0 Å². The summed E-state index contributed by atoms with van der Waals surface area (Å²) in [7, 11) is 0. The number of hydrogen-bond acceptors (Lipinski definition) is 3. The summed E-state index contributed by atoms with van der Waals surface area (Å²) >= 11 is 0. The lowest BCUT2D eigenvalue weighted by atomic mass is 10.1. The molecule has 0 heterocycles. The number of rotatable bonds is 5. The number of aromatic hydroxyl groups is 1. The zero-order valence-electron chi connectivity index (χ0n) is 9.72. The van der Waals surface area contributed by atoms with Gasteiger partial charge in [0.1, 0.15) is 5.75 Å². The second kappa shape index (κ2) is 5.89. The van der Waals surface area contributed by atoms with Gasteiger partial charge in [0.25, 0.3) is 0 Å². The van der Waals surface area contributed by atoms with Crippen molar-refractivity contribution in [2.75, 3.05) is 13.1 Å². The molecule has 0 fully saturated rings. The van der Waals surface area contributed by atoms with E-state index in [0.717, 1.165) is 0 Å². The first-order chi connectivity index (χ1) is 8.04. The van der Waals surface area contributed by atoms with E-state index in [0.29, 0.717) is 12.1 Å². The van der Waals surface area contributed by atoms with E-state index < -0.39 is 5.91 Å². The number of carbonyl (C=O) groups excluding carboxylic acids is 2. The van der Waals surface area contributed by atoms with Crippen LogP contribution in [0.15, 0.2) is 24.3 Å². The van der Waals surface area contributed by atoms with Crippen LogP contribution in [0.5, 0.6) is 5.75 Å². The number of nitrogens with zero attached hydrogens (tertiary/aromatic N) is 1. The highest BCUT2D eigenvalue weighted by molar-refractivity contribution is 5.85. The molecule has 1 rings (SSSR count). The number of para-hydroxylation sites is 1. The first-order valence-electron chi connectivity index (χ1n) is 5.37. The molecule has 92 valence electrons. The summed E-state index contributed by atoms with van der Waals surface area (Å²) in [4.78, 5) is 24.0. The van der Waals surface area contributed by atoms with Crippen LogP contribution in [0.3, 0.4) is 0 Å². The van der Waals surface area contributed by atoms with Crippen LogP contribution in [0.25, 0.3) is 0 Å². The van der Waals surface area contributed by atoms with Gasteiger partial charge in [0.2, 0.25) is 11.8 Å². The average Bonchev–Trinajstić information content (AvgIpc) is 2.28. The highest BCUT2D eigenvalue weighted by atomic mass is 16.3. The van der Waals surface area contributed by atoms with E-state index in [-0.39, 0.29) is 24.6 Å². The molecule has 0 saturated heterocycles. The first kappa shape index (κ1) is 13.0. The Morgan fingerprint density at radius 3 is 2.53 bits per heavy atom. The number of amides is 2. The Morgan fingerprint density at radius 1 is 1.35 bits per heavy atom. The molecule has 0 atom stereocenters. The van der Waals surface area contributed by atoms with Crippen molar-refractivity contribution in [3.05, 3.63) is 29.8 Å². The molecule has 0 aliphatic rings. The van der Waals surface area contributed by atoms with Crippen molar-refractivity contribution >= 4 is 11.8 Å². The van der Waals surface area contributed by atoms with Crippen molar-refractivity contribution in [1.82, 2.24) is 4.90 Å². The lowest BCUT2D eigenvalue weighted by Crippen LogP contribution is -2.39. The van der Waals surface area contributed by atoms with E-state index in [1.54, 1.807) is 25.1 Å². The van der Waals surface area contributed by atoms with Gasteiger partial charge in [0.05, 0.1) is 13.0 Å². The standard InChI is InChI=1S/C12H16N2O3/c1-2-14(8-11(13)16)12(17)7-9-5-3-4-6-10(9)15/h3-6,15H,2,7-8H2,1H3,(H2,13,16). The Kier molecular flexibility index (Phi) is 4.51. The molecule has 0 unspecified atom stereocenters. The SMILES string of the molecule is CCN(CC(N)=O)C(=O)Cc1ccccc1O. The second-order valence-corrected chi connectivity index (χ2v) is 3.68. The van der Waals surface area contributed by atoms with Crippen molar-refractivity contribution in [2.24, 2.45) is 5.73 Å². The molecule has 0 aliphatic carbocycles. The summed E-state index contributed by atoms with van der Waals surface area (Å²) < 4.78 is 0. The molecule has 0 aromatic heterocycles. The maximum atomic E-state index is 11.8. The molecule has 0 saturated carbocycles. The van der Waals surface area contributed by atoms with Gasteiger partial charge in [-0.25, -0.2) is 0 Å². The number of benzene rings is 1. The summed E-state index contributed by atoms with van der Waals surface area (Å²) in [5.74, 6) is -0.693. The maximum Gasteiger partial charge on any atom is 0.237 e. The van der Waals surface area contributed by atoms with Gasteiger partial charge in [0.15, 0.2) is 0 Å². The molecule has 1 aromatic rings. The Balaban J connectivity index is 2.71. The fourth-order valence-electron chi connectivity index (χ4n) is 1.50. The van der Waals surface area contributed by atoms with Gasteiger partial charge in [-0.2, -0.15) is 0 Å². The van der Waals surface area contributed by atoms with Crippen LogP contribution in [0.4, 0.5) is 0 Å². The summed E-state index contributed by atoms with van der Waals surface area (Å²) in [6, 6.07) is 6.62. The van der Waals surface area contributed by atoms with Crippen LogP contribution in [-0.4, -0.2) is 34.9 Å². The van der Waals surface area contributed by atoms with Crippen molar-refractivity contribution < 1.29 is 14.7 Å². The normalized spacial score (nSPS) is 9.94. The third kappa shape index (κ3) is 3.79. The molecule has 3 N–H and O–H groups in total. The molecule has 5 nitrogen and oxygen atoms in total. The van der Waals surface area contributed by atoms with E-state index in [9.17, 15) is 14.7 Å². The predicted octanol–water partition coefficient (Wildman–Crippen LogP) is 0.268. The van der Waals surface area contributed by atoms with Crippen LogP contribution in [0.1, 0.15) is 12.5 Å². The van der Waals surface area contributed by atoms with E-state index in [1.807, 2.05) is 0 Å². The first-order valence-corrected chi connectivity index (χ1v) is 5.37. The number of primary amides is 1. The number of phenols is 1. The minimum absolute atomic E-state index is 0.0633. The average molecular weight is 236 g/mol. The quantitative estimate of drug-likeness (QED) is 0.769. The maximum absolute atomic E-state index is 11.8. The zero-order valence-corrected chi connectivity index (χ0v) is 9.72. The Labute approximate surface area is 99.8 Å². The molecule has 5 heteroatoms. The van der Waals surface area contributed by atoms with E-state index in [2.05, 4.69) is 0 Å². The van der Waals surface area contributed by atoms with Gasteiger partial charge in [-0.1, -0.05) is 18.2 Å². The van der Waals surface area contributed by atoms with Gasteiger partial charge < -0.3 is 15.7 Å². The number of phenolic OH excluding ortho intramolecular Hbond substituents is 1. The van der Waals surface area contributed by atoms with Crippen LogP contribution < -0.4 is 5.73 Å². The third-order valence-corrected chi connectivity index (χ3v) is 2.41. The van der Waals surface area contributed by atoms with E-state index >= 15 is 0 Å². The Bertz CT molecular complexity index is 418. The summed E-state index contributed by atoms with van der Waals surface area (Å²) in [6.45, 7) is 2.09. The van der Waals surface area contributed by atoms with Crippen molar-refractivity contribution in [3.63, 3.8) is 0 Å². The van der Waals surface area contributed by atoms with E-state index in [4.69, 9.17) is 5.73 Å². The predicted molar refractivity (Wildman–Crippen MR) is 63.3 cm³/mol. The molecule has 0 aliphatic heterocycles. The number of nitrogens with two attached hydrogens (primary N) is 1. The molecule has 0 radical (unpaired) electrons. The lowest BCUT2D eigenvalue weighted by Gasteiger charge is -2.19. The minimum atomic E-state index is -0.544. The number of hydrogen-bond donors (Lipinski definition) is 2. The fourth-order valence-corrected chi connectivity index (χ4v) is 1.50. The van der Waals surface area contributed by atoms with E-state index in [1.165, 1.54) is 11.0 Å². The number of likely N-dealkylation sites (N-methyl/N-ethyl adjacent to an activating group) is 1. The highest BCUT2D eigenvalue weighted by Crippen LogP contribution is 2.16. The largest absolute Gasteiger partial charge is 0.508 e. The number of carbonyl (C=O) groups is 2. The smallest absolute Gasteiger partial charge is 0.237 e. The third-order valence-electron chi connectivity index (χ3n) is 2.41. The van der Waals surface area contributed by atoms with Gasteiger partial charge in [-0.05, 0) is 13.0 Å². The zero-order chi connectivity index (χ0) is 12.8. The molecular weight excluding hydrogens is 220 g/mol. The van der Waals surface area contributed by atoms with Gasteiger partial charge >= 0.3 is 0 Å². The minimum Gasteiger partial charge on any atom is -0.508 e. The van der Waals surface area contributed by atoms with Crippen LogP contribution in [0, 0.1) is 0 Å². The highest BCUT2D eigenvalue weighted by Gasteiger charge is 2.15. The molecule has 1 aromatic carbocycles. The lowest BCUT2D eigenvalue weighted by molar-refractivity contribution is -0.134. The second-order valence-electron chi connectivity index (χ2n) is 3.68. The summed E-state index contributed by atoms with van der Waals surface area (Å²) in [5.41, 5.74) is 5.59. The van der Waals surface area contributed by atoms with Crippen LogP contribution in [0.2, 0.25) is 0 Å². The van der Waals surface area contributed by atoms with Gasteiger partial charge in [-0.3, -0.25) is 9.59 Å². The fraction of sp³-hybridized carbons (Fsp3) is 0.333. The van der Waals surface area contributed by atoms with Crippen LogP contribution >= 0.6 is 0 Å². The molecular formula is C12H16N2O3. The van der Waals surface area contributed by atoms with Crippen molar-refractivity contribution in [3.8, 4) is 5.75 Å². The summed E-state index contributed by atoms with van der Waals surface area (Å²) in [6.07, 6.45) is 0.0633. The molecule has 17 heavy (non-hydrogen) atoms. The van der Waals surface area contributed by atoms with Gasteiger partial charge in [0, 0.05) is 12.1 Å². The molecule has 0 spiro atoms. The Morgan fingerprint density at radius 2 is 2.00 bits per heavy atom. The molecule has 2 amide bonds.